The van der Waals surface area contributed by atoms with Gasteiger partial charge in [0.1, 0.15) is 0 Å². The number of ether oxygens (including phenoxy) is 1. The average Bonchev–Trinajstić information content (AvgIpc) is 2.29. The van der Waals surface area contributed by atoms with Crippen LogP contribution in [0.15, 0.2) is 0 Å². The zero-order chi connectivity index (χ0) is 7.84. The van der Waals surface area contributed by atoms with Gasteiger partial charge in [-0.05, 0) is 13.3 Å². The van der Waals surface area contributed by atoms with Crippen molar-refractivity contribution < 1.29 is 4.74 Å². The van der Waals surface area contributed by atoms with Crippen molar-refractivity contribution in [2.75, 3.05) is 19.7 Å². The van der Waals surface area contributed by atoms with Gasteiger partial charge in [-0.1, -0.05) is 0 Å². The first-order valence-corrected chi connectivity index (χ1v) is 4.38. The first kappa shape index (κ1) is 7.53. The maximum absolute atomic E-state index is 5.70. The maximum atomic E-state index is 5.70. The van der Waals surface area contributed by atoms with Crippen molar-refractivity contribution >= 4 is 0 Å². The molecule has 0 aliphatic carbocycles. The van der Waals surface area contributed by atoms with E-state index in [9.17, 15) is 0 Å². The van der Waals surface area contributed by atoms with E-state index in [1.807, 2.05) is 0 Å². The van der Waals surface area contributed by atoms with Gasteiger partial charge in [0.25, 0.3) is 0 Å². The van der Waals surface area contributed by atoms with Crippen molar-refractivity contribution in [1.82, 2.24) is 4.90 Å². The Hall–Kier alpha value is -0.120. The lowest BCUT2D eigenvalue weighted by atomic mass is 10.0. The number of hydrogen-bond donors (Lipinski definition) is 1. The third kappa shape index (κ3) is 1.28. The first-order valence-electron chi connectivity index (χ1n) is 4.38. The Labute approximate surface area is 67.5 Å². The highest BCUT2D eigenvalue weighted by molar-refractivity contribution is 4.92. The van der Waals surface area contributed by atoms with E-state index in [0.717, 1.165) is 19.7 Å². The predicted octanol–water partition coefficient (Wildman–Crippen LogP) is -0.193. The zero-order valence-corrected chi connectivity index (χ0v) is 6.99. The van der Waals surface area contributed by atoms with Crippen molar-refractivity contribution in [3.63, 3.8) is 0 Å². The summed E-state index contributed by atoms with van der Waals surface area (Å²) in [6, 6.07) is 1.07. The quantitative estimate of drug-likeness (QED) is 0.571. The van der Waals surface area contributed by atoms with Crippen LogP contribution in [-0.2, 0) is 4.74 Å². The molecule has 2 saturated heterocycles. The highest BCUT2D eigenvalue weighted by Crippen LogP contribution is 2.23. The molecule has 11 heavy (non-hydrogen) atoms. The summed E-state index contributed by atoms with van der Waals surface area (Å²) in [5.41, 5.74) is 5.70. The molecule has 2 aliphatic rings. The van der Waals surface area contributed by atoms with Crippen LogP contribution >= 0.6 is 0 Å². The molecular formula is C8H16N2O. The van der Waals surface area contributed by atoms with Gasteiger partial charge in [0.15, 0.2) is 0 Å². The Balaban J connectivity index is 1.85. The molecule has 3 heteroatoms. The van der Waals surface area contributed by atoms with E-state index in [4.69, 9.17) is 10.5 Å². The molecule has 0 saturated carbocycles. The molecule has 2 fully saturated rings. The molecular weight excluding hydrogens is 140 g/mol. The van der Waals surface area contributed by atoms with Crippen molar-refractivity contribution in [2.45, 2.75) is 31.5 Å². The SMILES string of the molecule is CC1OCCC1N1CC(N)C1. The Kier molecular flexibility index (Phi) is 1.87. The van der Waals surface area contributed by atoms with Crippen LogP contribution in [0.3, 0.4) is 0 Å². The molecule has 0 spiro atoms. The first-order chi connectivity index (χ1) is 5.27. The molecule has 0 aromatic carbocycles. The molecule has 3 nitrogen and oxygen atoms in total. The molecule has 0 bridgehead atoms. The lowest BCUT2D eigenvalue weighted by Crippen LogP contribution is -2.60. The molecule has 2 heterocycles. The summed E-state index contributed by atoms with van der Waals surface area (Å²) in [4.78, 5) is 2.43. The van der Waals surface area contributed by atoms with E-state index in [1.165, 1.54) is 6.42 Å². The molecule has 64 valence electrons. The second-order valence-electron chi connectivity index (χ2n) is 3.65. The van der Waals surface area contributed by atoms with E-state index < -0.39 is 0 Å². The van der Waals surface area contributed by atoms with Gasteiger partial charge in [-0.15, -0.1) is 0 Å². The lowest BCUT2D eigenvalue weighted by molar-refractivity contribution is 0.0359. The van der Waals surface area contributed by atoms with Crippen LogP contribution in [0.2, 0.25) is 0 Å². The lowest BCUT2D eigenvalue weighted by Gasteiger charge is -2.42. The summed E-state index contributed by atoms with van der Waals surface area (Å²) in [6.45, 7) is 5.22. The summed E-state index contributed by atoms with van der Waals surface area (Å²) >= 11 is 0. The summed E-state index contributed by atoms with van der Waals surface area (Å²) in [5, 5.41) is 0. The predicted molar refractivity (Wildman–Crippen MR) is 43.4 cm³/mol. The maximum Gasteiger partial charge on any atom is 0.0703 e. The zero-order valence-electron chi connectivity index (χ0n) is 6.99. The summed E-state index contributed by atoms with van der Waals surface area (Å²) in [7, 11) is 0. The van der Waals surface area contributed by atoms with Gasteiger partial charge in [0.05, 0.1) is 6.10 Å². The van der Waals surface area contributed by atoms with Gasteiger partial charge < -0.3 is 10.5 Å². The molecule has 2 aliphatic heterocycles. The van der Waals surface area contributed by atoms with Gasteiger partial charge in [-0.3, -0.25) is 4.90 Å². The van der Waals surface area contributed by atoms with Crippen molar-refractivity contribution in [1.29, 1.82) is 0 Å². The van der Waals surface area contributed by atoms with E-state index in [-0.39, 0.29) is 0 Å². The fraction of sp³-hybridized carbons (Fsp3) is 1.00. The van der Waals surface area contributed by atoms with Gasteiger partial charge in [-0.2, -0.15) is 0 Å². The van der Waals surface area contributed by atoms with Crippen LogP contribution in [-0.4, -0.2) is 42.8 Å². The average molecular weight is 156 g/mol. The van der Waals surface area contributed by atoms with Gasteiger partial charge in [0, 0.05) is 31.8 Å². The Morgan fingerprint density at radius 1 is 1.45 bits per heavy atom. The highest BCUT2D eigenvalue weighted by Gasteiger charge is 2.35. The van der Waals surface area contributed by atoms with E-state index in [2.05, 4.69) is 11.8 Å². The fourth-order valence-corrected chi connectivity index (χ4v) is 2.02. The number of rotatable bonds is 1. The largest absolute Gasteiger partial charge is 0.377 e. The van der Waals surface area contributed by atoms with Crippen LogP contribution in [0, 0.1) is 0 Å². The minimum atomic E-state index is 0.419. The van der Waals surface area contributed by atoms with Crippen molar-refractivity contribution in [2.24, 2.45) is 5.73 Å². The number of nitrogens with two attached hydrogens (primary N) is 1. The smallest absolute Gasteiger partial charge is 0.0703 e. The normalized spacial score (nSPS) is 40.9. The van der Waals surface area contributed by atoms with Gasteiger partial charge in [-0.25, -0.2) is 0 Å². The van der Waals surface area contributed by atoms with Gasteiger partial charge in [0.2, 0.25) is 0 Å². The van der Waals surface area contributed by atoms with E-state index in [0.29, 0.717) is 18.2 Å². The summed E-state index contributed by atoms with van der Waals surface area (Å²) in [5.74, 6) is 0. The molecule has 2 atom stereocenters. The number of hydrogen-bond acceptors (Lipinski definition) is 3. The Bertz CT molecular complexity index is 145. The number of likely N-dealkylation sites (tertiary alicyclic amines) is 1. The highest BCUT2D eigenvalue weighted by atomic mass is 16.5. The third-order valence-corrected chi connectivity index (χ3v) is 2.74. The monoisotopic (exact) mass is 156 g/mol. The minimum absolute atomic E-state index is 0.419. The second kappa shape index (κ2) is 2.73. The van der Waals surface area contributed by atoms with E-state index in [1.54, 1.807) is 0 Å². The van der Waals surface area contributed by atoms with Crippen LogP contribution in [0.1, 0.15) is 13.3 Å². The molecule has 0 aromatic heterocycles. The molecule has 2 rings (SSSR count). The van der Waals surface area contributed by atoms with E-state index >= 15 is 0 Å². The molecule has 0 amide bonds. The number of nitrogens with zero attached hydrogens (tertiary/aromatic N) is 1. The minimum Gasteiger partial charge on any atom is -0.377 e. The molecule has 0 aromatic rings. The second-order valence-corrected chi connectivity index (χ2v) is 3.65. The molecule has 2 unspecified atom stereocenters. The fourth-order valence-electron chi connectivity index (χ4n) is 2.02. The van der Waals surface area contributed by atoms with Crippen LogP contribution in [0.4, 0.5) is 0 Å². The standard InChI is InChI=1S/C8H16N2O/c1-6-8(2-3-11-6)10-4-7(9)5-10/h6-8H,2-5,9H2,1H3. The Morgan fingerprint density at radius 2 is 2.18 bits per heavy atom. The summed E-state index contributed by atoms with van der Waals surface area (Å²) in [6.07, 6.45) is 1.61. The van der Waals surface area contributed by atoms with Crippen molar-refractivity contribution in [3.8, 4) is 0 Å². The van der Waals surface area contributed by atoms with Crippen molar-refractivity contribution in [3.05, 3.63) is 0 Å². The van der Waals surface area contributed by atoms with Gasteiger partial charge >= 0.3 is 0 Å². The van der Waals surface area contributed by atoms with Crippen LogP contribution < -0.4 is 5.73 Å². The van der Waals surface area contributed by atoms with Crippen LogP contribution in [0.5, 0.6) is 0 Å². The third-order valence-electron chi connectivity index (χ3n) is 2.74. The molecule has 2 N–H and O–H groups in total. The Morgan fingerprint density at radius 3 is 2.64 bits per heavy atom. The summed E-state index contributed by atoms with van der Waals surface area (Å²) < 4.78 is 5.48. The molecule has 0 radical (unpaired) electrons. The van der Waals surface area contributed by atoms with Crippen LogP contribution in [0.25, 0.3) is 0 Å². The topological polar surface area (TPSA) is 38.5 Å².